The largest absolute Gasteiger partial charge is 2.00 e. The molecule has 33 valence electrons. The fraction of sp³-hybridized carbons (Fsp3) is 0. The Labute approximate surface area is 113 Å². The van der Waals surface area contributed by atoms with Crippen molar-refractivity contribution in [2.75, 3.05) is 0 Å². The standard InChI is InChI=1S/Cd.Cu.3Se.Zn/q2*+2;3*-2;+2. The maximum absolute atomic E-state index is 0. The second kappa shape index (κ2) is 38.2. The van der Waals surface area contributed by atoms with E-state index in [1.165, 1.54) is 0 Å². The van der Waals surface area contributed by atoms with Crippen LogP contribution in [0, 0.1) is 0 Å². The first-order valence-electron chi connectivity index (χ1n) is 0. The molecule has 0 aromatic rings. The zero-order chi connectivity index (χ0) is 0. The van der Waals surface area contributed by atoms with Gasteiger partial charge in [0.1, 0.15) is 0 Å². The average Bonchev–Trinajstić information content (AvgIpc) is 0. The van der Waals surface area contributed by atoms with Gasteiger partial charge in [-0.15, -0.1) is 0 Å². The number of hydrogen-bond acceptors (Lipinski definition) is 0. The fourth-order valence-electron chi connectivity index (χ4n) is 0. The Morgan fingerprint density at radius 1 is 0.667 bits per heavy atom. The molecule has 0 nitrogen and oxygen atoms in total. The average molecular weight is 478 g/mol. The van der Waals surface area contributed by atoms with Crippen molar-refractivity contribution in [3.8, 4) is 0 Å². The van der Waals surface area contributed by atoms with Crippen molar-refractivity contribution in [3.63, 3.8) is 0 Å². The summed E-state index contributed by atoms with van der Waals surface area (Å²) in [5.41, 5.74) is 0. The first-order chi connectivity index (χ1) is 0. The molecule has 6 heteroatoms. The summed E-state index contributed by atoms with van der Waals surface area (Å²) in [5, 5.41) is 0. The minimum absolute atomic E-state index is 0. The van der Waals surface area contributed by atoms with Crippen molar-refractivity contribution in [2.45, 2.75) is 0 Å². The molecule has 1 radical (unpaired) electrons. The van der Waals surface area contributed by atoms with Crippen LogP contribution in [0.15, 0.2) is 0 Å². The zero-order valence-electron chi connectivity index (χ0n) is 2.94. The van der Waals surface area contributed by atoms with E-state index < -0.39 is 0 Å². The normalized spacial score (nSPS) is 0. The second-order valence-corrected chi connectivity index (χ2v) is 0. The van der Waals surface area contributed by atoms with Gasteiger partial charge in [-0.2, -0.15) is 0 Å². The quantitative estimate of drug-likeness (QED) is 0.386. The molecule has 0 aliphatic rings. The minimum atomic E-state index is 0. The van der Waals surface area contributed by atoms with E-state index in [9.17, 15) is 0 Å². The summed E-state index contributed by atoms with van der Waals surface area (Å²) in [4.78, 5) is 0. The van der Waals surface area contributed by atoms with Crippen molar-refractivity contribution in [1.82, 2.24) is 0 Å². The summed E-state index contributed by atoms with van der Waals surface area (Å²) in [6.45, 7) is 0. The van der Waals surface area contributed by atoms with Gasteiger partial charge in [-0.25, -0.2) is 0 Å². The zero-order valence-corrected chi connectivity index (χ0v) is 16.0. The van der Waals surface area contributed by atoms with E-state index in [1.807, 2.05) is 0 Å². The first kappa shape index (κ1) is 54.5. The molecule has 0 aromatic carbocycles. The Kier molecular flexibility index (Phi) is 347. The third kappa shape index (κ3) is 25.5. The molecule has 0 atom stereocenters. The SMILES string of the molecule is [Cd+2].[Cu+2].[Se-2].[Se-2].[Se-2].[Zn+2]. The summed E-state index contributed by atoms with van der Waals surface area (Å²) >= 11 is 0. The third-order valence-corrected chi connectivity index (χ3v) is 0. The van der Waals surface area contributed by atoms with E-state index in [4.69, 9.17) is 0 Å². The van der Waals surface area contributed by atoms with E-state index in [-0.39, 0.29) is 115 Å². The maximum Gasteiger partial charge on any atom is 2.00 e. The van der Waals surface area contributed by atoms with Crippen molar-refractivity contribution in [1.29, 1.82) is 0 Å². The Hall–Kier alpha value is 3.62. The number of rotatable bonds is 0. The summed E-state index contributed by atoms with van der Waals surface area (Å²) in [6.07, 6.45) is 0. The summed E-state index contributed by atoms with van der Waals surface area (Å²) in [6, 6.07) is 0. The Morgan fingerprint density at radius 3 is 0.667 bits per heavy atom. The van der Waals surface area contributed by atoms with Gasteiger partial charge in [-0.05, 0) is 0 Å². The molecule has 0 aliphatic heterocycles. The molecule has 6 heavy (non-hydrogen) atoms. The molecule has 0 aromatic heterocycles. The molecule has 0 bridgehead atoms. The van der Waals surface area contributed by atoms with Gasteiger partial charge in [0.15, 0.2) is 0 Å². The van der Waals surface area contributed by atoms with Gasteiger partial charge in [-0.1, -0.05) is 0 Å². The first-order valence-corrected chi connectivity index (χ1v) is 0. The minimum Gasteiger partial charge on any atom is -2.00 e. The van der Waals surface area contributed by atoms with E-state index in [0.29, 0.717) is 0 Å². The van der Waals surface area contributed by atoms with Crippen LogP contribution in [0.4, 0.5) is 0 Å². The predicted octanol–water partition coefficient (Wildman–Crippen LogP) is -1.15. The van der Waals surface area contributed by atoms with E-state index >= 15 is 0 Å². The summed E-state index contributed by atoms with van der Waals surface area (Å²) in [5.74, 6) is 0. The molecule has 0 heterocycles. The van der Waals surface area contributed by atoms with Crippen molar-refractivity contribution >= 4 is 51.2 Å². The van der Waals surface area contributed by atoms with Gasteiger partial charge < -0.3 is 51.2 Å². The predicted molar refractivity (Wildman–Crippen MR) is 17.3 cm³/mol. The van der Waals surface area contributed by atoms with Crippen molar-refractivity contribution in [3.05, 3.63) is 0 Å². The van der Waals surface area contributed by atoms with Crippen molar-refractivity contribution < 1.29 is 63.8 Å². The van der Waals surface area contributed by atoms with Crippen LogP contribution in [0.3, 0.4) is 0 Å². The van der Waals surface area contributed by atoms with Gasteiger partial charge >= 0.3 is 63.8 Å². The molecule has 0 saturated heterocycles. The fourth-order valence-corrected chi connectivity index (χ4v) is 0. The van der Waals surface area contributed by atoms with Crippen LogP contribution >= 0.6 is 0 Å². The van der Waals surface area contributed by atoms with E-state index in [0.717, 1.165) is 0 Å². The molecule has 0 unspecified atom stereocenters. The Morgan fingerprint density at radius 2 is 0.667 bits per heavy atom. The van der Waals surface area contributed by atoms with Gasteiger partial charge in [0, 0.05) is 0 Å². The van der Waals surface area contributed by atoms with Gasteiger partial charge in [-0.3, -0.25) is 0 Å². The third-order valence-electron chi connectivity index (χ3n) is 0. The molecular weight excluding hydrogens is 478 g/mol. The molecule has 0 N–H and O–H groups in total. The smallest absolute Gasteiger partial charge is 2.00 e. The molecular formula is CdCuSe3Zn. The van der Waals surface area contributed by atoms with Gasteiger partial charge in [0.05, 0.1) is 0 Å². The van der Waals surface area contributed by atoms with Crippen LogP contribution in [0.5, 0.6) is 0 Å². The molecule has 0 fully saturated rings. The maximum atomic E-state index is 0. The Balaban J connectivity index is 0. The van der Waals surface area contributed by atoms with Crippen LogP contribution in [0.1, 0.15) is 0 Å². The second-order valence-electron chi connectivity index (χ2n) is 0. The van der Waals surface area contributed by atoms with E-state index in [1.54, 1.807) is 0 Å². The van der Waals surface area contributed by atoms with E-state index in [2.05, 4.69) is 0 Å². The molecule has 0 rings (SSSR count). The van der Waals surface area contributed by atoms with Gasteiger partial charge in [0.2, 0.25) is 0 Å². The van der Waals surface area contributed by atoms with Crippen LogP contribution in [0.25, 0.3) is 0 Å². The van der Waals surface area contributed by atoms with Crippen LogP contribution in [-0.4, -0.2) is 51.2 Å². The van der Waals surface area contributed by atoms with Gasteiger partial charge in [0.25, 0.3) is 0 Å². The van der Waals surface area contributed by atoms with Crippen LogP contribution < -0.4 is 0 Å². The molecule has 0 amide bonds. The summed E-state index contributed by atoms with van der Waals surface area (Å²) < 4.78 is 0. The topological polar surface area (TPSA) is 0 Å². The monoisotopic (exact) mass is 481 g/mol. The Bertz CT molecular complexity index is 10.8. The molecule has 0 aliphatic carbocycles. The number of hydrogen-bond donors (Lipinski definition) is 0. The van der Waals surface area contributed by atoms with Crippen molar-refractivity contribution in [2.24, 2.45) is 0 Å². The molecule has 0 spiro atoms. The molecule has 0 saturated carbocycles. The van der Waals surface area contributed by atoms with Crippen LogP contribution in [-0.2, 0) is 63.8 Å². The van der Waals surface area contributed by atoms with Crippen LogP contribution in [0.2, 0.25) is 0 Å². The summed E-state index contributed by atoms with van der Waals surface area (Å²) in [7, 11) is 0.